The summed E-state index contributed by atoms with van der Waals surface area (Å²) in [5.41, 5.74) is 0.744. The van der Waals surface area contributed by atoms with Gasteiger partial charge >= 0.3 is 23.9 Å². The molecule has 260 valence electrons. The van der Waals surface area contributed by atoms with E-state index in [4.69, 9.17) is 28.4 Å². The van der Waals surface area contributed by atoms with Gasteiger partial charge in [0.15, 0.2) is 0 Å². The van der Waals surface area contributed by atoms with E-state index in [0.29, 0.717) is 73.0 Å². The topological polar surface area (TPSA) is 130 Å². The van der Waals surface area contributed by atoms with Gasteiger partial charge in [0, 0.05) is 12.8 Å². The highest BCUT2D eigenvalue weighted by Gasteiger charge is 2.24. The Hall–Kier alpha value is -6.10. The van der Waals surface area contributed by atoms with E-state index in [1.807, 2.05) is 0 Å². The molecule has 2 aliphatic heterocycles. The van der Waals surface area contributed by atoms with Gasteiger partial charge in [0.1, 0.15) is 23.0 Å². The smallest absolute Gasteiger partial charge is 0.343 e. The van der Waals surface area contributed by atoms with Crippen LogP contribution in [-0.2, 0) is 19.1 Å². The molecular formula is C42H32O10. The first-order valence-corrected chi connectivity index (χ1v) is 17.0. The summed E-state index contributed by atoms with van der Waals surface area (Å²) in [5.74, 6) is -0.0356. The minimum Gasteiger partial charge on any atom is -0.427 e. The highest BCUT2D eigenvalue weighted by molar-refractivity contribution is 5.99. The van der Waals surface area contributed by atoms with Gasteiger partial charge in [-0.1, -0.05) is 36.4 Å². The lowest BCUT2D eigenvalue weighted by Crippen LogP contribution is -2.09. The maximum atomic E-state index is 13.1. The summed E-state index contributed by atoms with van der Waals surface area (Å²) in [4.78, 5) is 50.3. The predicted molar refractivity (Wildman–Crippen MR) is 191 cm³/mol. The van der Waals surface area contributed by atoms with E-state index in [1.165, 1.54) is 0 Å². The first-order chi connectivity index (χ1) is 25.3. The Balaban J connectivity index is 0.878. The maximum Gasteiger partial charge on any atom is 0.343 e. The molecule has 0 saturated carbocycles. The van der Waals surface area contributed by atoms with E-state index < -0.39 is 11.9 Å². The SMILES string of the molecule is O=C(CCC1CO1)Oc1ccc2cc(C(=O)Oc3ccc4cc(OC(=O)c5ccc6cc(OC(=O)CCC7CO7)ccc6c5)ccc4c3)ccc2c1. The first-order valence-electron chi connectivity index (χ1n) is 17.0. The molecule has 2 atom stereocenters. The Labute approximate surface area is 297 Å². The summed E-state index contributed by atoms with van der Waals surface area (Å²) in [7, 11) is 0. The fraction of sp³-hybridized carbons (Fsp3) is 0.190. The van der Waals surface area contributed by atoms with Crippen molar-refractivity contribution in [2.45, 2.75) is 37.9 Å². The van der Waals surface area contributed by atoms with Crippen LogP contribution in [0.5, 0.6) is 23.0 Å². The van der Waals surface area contributed by atoms with Gasteiger partial charge in [-0.3, -0.25) is 9.59 Å². The van der Waals surface area contributed by atoms with Gasteiger partial charge in [-0.05, 0) is 118 Å². The van der Waals surface area contributed by atoms with Crippen molar-refractivity contribution in [3.05, 3.63) is 120 Å². The van der Waals surface area contributed by atoms with E-state index in [0.717, 1.165) is 32.3 Å². The van der Waals surface area contributed by atoms with E-state index in [9.17, 15) is 19.2 Å². The van der Waals surface area contributed by atoms with Crippen molar-refractivity contribution < 1.29 is 47.6 Å². The number of carbonyl (C=O) groups is 4. The van der Waals surface area contributed by atoms with Crippen molar-refractivity contribution in [2.24, 2.45) is 0 Å². The van der Waals surface area contributed by atoms with Crippen LogP contribution in [0, 0.1) is 0 Å². The number of hydrogen-bond acceptors (Lipinski definition) is 10. The third-order valence-electron chi connectivity index (χ3n) is 8.91. The lowest BCUT2D eigenvalue weighted by atomic mass is 10.1. The van der Waals surface area contributed by atoms with Gasteiger partial charge in [-0.15, -0.1) is 0 Å². The minimum absolute atomic E-state index is 0.168. The summed E-state index contributed by atoms with van der Waals surface area (Å²) in [5, 5.41) is 4.82. The van der Waals surface area contributed by atoms with Crippen molar-refractivity contribution >= 4 is 56.2 Å². The van der Waals surface area contributed by atoms with Gasteiger partial charge in [-0.25, -0.2) is 9.59 Å². The second-order valence-corrected chi connectivity index (χ2v) is 12.8. The Morgan fingerprint density at radius 1 is 0.442 bits per heavy atom. The van der Waals surface area contributed by atoms with Gasteiger partial charge in [0.2, 0.25) is 0 Å². The van der Waals surface area contributed by atoms with Crippen LogP contribution in [0.2, 0.25) is 0 Å². The molecule has 0 N–H and O–H groups in total. The molecular weight excluding hydrogens is 664 g/mol. The monoisotopic (exact) mass is 696 g/mol. The minimum atomic E-state index is -0.517. The molecule has 6 aromatic carbocycles. The largest absolute Gasteiger partial charge is 0.427 e. The van der Waals surface area contributed by atoms with Gasteiger partial charge in [0.05, 0.1) is 36.5 Å². The van der Waals surface area contributed by atoms with E-state index in [2.05, 4.69) is 0 Å². The number of rotatable bonds is 12. The van der Waals surface area contributed by atoms with Crippen LogP contribution in [0.15, 0.2) is 109 Å². The molecule has 0 radical (unpaired) electrons. The zero-order valence-corrected chi connectivity index (χ0v) is 27.9. The van der Waals surface area contributed by atoms with Gasteiger partial charge in [-0.2, -0.15) is 0 Å². The second kappa shape index (κ2) is 14.3. The summed E-state index contributed by atoms with van der Waals surface area (Å²) in [6, 6.07) is 31.3. The fourth-order valence-corrected chi connectivity index (χ4v) is 5.88. The van der Waals surface area contributed by atoms with Crippen LogP contribution in [0.25, 0.3) is 32.3 Å². The van der Waals surface area contributed by atoms with Crippen molar-refractivity contribution in [3.8, 4) is 23.0 Å². The molecule has 2 saturated heterocycles. The predicted octanol–water partition coefficient (Wildman–Crippen LogP) is 7.75. The lowest BCUT2D eigenvalue weighted by Gasteiger charge is -2.10. The summed E-state index contributed by atoms with van der Waals surface area (Å²) in [6.45, 7) is 1.40. The number of carbonyl (C=O) groups excluding carboxylic acids is 4. The first kappa shape index (κ1) is 33.1. The molecule has 8 rings (SSSR count). The van der Waals surface area contributed by atoms with Crippen molar-refractivity contribution in [3.63, 3.8) is 0 Å². The number of hydrogen-bond donors (Lipinski definition) is 0. The van der Waals surface area contributed by atoms with E-state index in [1.54, 1.807) is 109 Å². The zero-order valence-electron chi connectivity index (χ0n) is 27.9. The number of epoxide rings is 2. The molecule has 0 spiro atoms. The molecule has 2 unspecified atom stereocenters. The Kier molecular flexibility index (Phi) is 9.07. The Morgan fingerprint density at radius 3 is 1.10 bits per heavy atom. The van der Waals surface area contributed by atoms with Crippen LogP contribution in [-0.4, -0.2) is 49.3 Å². The lowest BCUT2D eigenvalue weighted by molar-refractivity contribution is -0.135. The highest BCUT2D eigenvalue weighted by atomic mass is 16.6. The van der Waals surface area contributed by atoms with Crippen LogP contribution in [0.3, 0.4) is 0 Å². The zero-order chi connectivity index (χ0) is 35.6. The van der Waals surface area contributed by atoms with Gasteiger partial charge < -0.3 is 28.4 Å². The molecule has 0 amide bonds. The number of esters is 4. The van der Waals surface area contributed by atoms with E-state index >= 15 is 0 Å². The molecule has 2 heterocycles. The third-order valence-corrected chi connectivity index (χ3v) is 8.91. The van der Waals surface area contributed by atoms with Crippen LogP contribution < -0.4 is 18.9 Å². The molecule has 52 heavy (non-hydrogen) atoms. The van der Waals surface area contributed by atoms with Crippen molar-refractivity contribution in [1.29, 1.82) is 0 Å². The summed E-state index contributed by atoms with van der Waals surface area (Å²) < 4.78 is 32.6. The molecule has 10 heteroatoms. The highest BCUT2D eigenvalue weighted by Crippen LogP contribution is 2.29. The van der Waals surface area contributed by atoms with Crippen LogP contribution in [0.1, 0.15) is 46.4 Å². The van der Waals surface area contributed by atoms with E-state index in [-0.39, 0.29) is 24.1 Å². The average molecular weight is 697 g/mol. The molecule has 0 bridgehead atoms. The summed E-state index contributed by atoms with van der Waals surface area (Å²) in [6.07, 6.45) is 2.24. The quantitative estimate of drug-likeness (QED) is 0.0711. The standard InChI is InChI=1S/C42H32O10/c43-39(15-13-37-23-47-37)49-33-9-5-25-17-31(3-1-27(25)19-33)41(45)51-35-11-7-30-22-36(12-8-29(30)21-35)52-42(46)32-4-2-28-20-34(10-6-26(28)18-32)50-40(44)16-14-38-24-48-38/h1-12,17-22,37-38H,13-16,23-24H2. The molecule has 10 nitrogen and oxygen atoms in total. The molecule has 0 aromatic heterocycles. The maximum absolute atomic E-state index is 13.1. The molecule has 2 fully saturated rings. The van der Waals surface area contributed by atoms with Crippen LogP contribution >= 0.6 is 0 Å². The fourth-order valence-electron chi connectivity index (χ4n) is 5.88. The molecule has 2 aliphatic rings. The Morgan fingerprint density at radius 2 is 0.750 bits per heavy atom. The molecule has 6 aromatic rings. The number of fused-ring (bicyclic) bond motifs is 3. The second-order valence-electron chi connectivity index (χ2n) is 12.8. The van der Waals surface area contributed by atoms with Crippen LogP contribution in [0.4, 0.5) is 0 Å². The summed E-state index contributed by atoms with van der Waals surface area (Å²) >= 11 is 0. The van der Waals surface area contributed by atoms with Gasteiger partial charge in [0.25, 0.3) is 0 Å². The van der Waals surface area contributed by atoms with Crippen molar-refractivity contribution in [1.82, 2.24) is 0 Å². The molecule has 0 aliphatic carbocycles. The average Bonchev–Trinajstić information content (AvgIpc) is 4.09. The van der Waals surface area contributed by atoms with Crippen molar-refractivity contribution in [2.75, 3.05) is 13.2 Å². The number of benzene rings is 6. The number of ether oxygens (including phenoxy) is 6. The normalized spacial score (nSPS) is 16.0. The Bertz CT molecular complexity index is 2210. The third kappa shape index (κ3) is 8.10.